The van der Waals surface area contributed by atoms with Crippen molar-refractivity contribution in [3.8, 4) is 28.4 Å². The first-order chi connectivity index (χ1) is 15.5. The summed E-state index contributed by atoms with van der Waals surface area (Å²) in [4.78, 5) is 22.5. The molecule has 8 nitrogen and oxygen atoms in total. The van der Waals surface area contributed by atoms with Gasteiger partial charge in [-0.15, -0.1) is 11.3 Å². The zero-order valence-electron chi connectivity index (χ0n) is 16.5. The average Bonchev–Trinajstić information content (AvgIpc) is 3.46. The zero-order chi connectivity index (χ0) is 22.2. The lowest BCUT2D eigenvalue weighted by Gasteiger charge is -2.09. The summed E-state index contributed by atoms with van der Waals surface area (Å²) in [7, 11) is 0. The van der Waals surface area contributed by atoms with Crippen molar-refractivity contribution in [1.82, 2.24) is 19.5 Å². The monoisotopic (exact) mass is 464 g/mol. The Bertz CT molecular complexity index is 1540. The van der Waals surface area contributed by atoms with Crippen LogP contribution in [0.5, 0.6) is 5.88 Å². The van der Waals surface area contributed by atoms with Gasteiger partial charge in [-0.2, -0.15) is 14.0 Å². The molecule has 32 heavy (non-hydrogen) atoms. The first-order valence-electron chi connectivity index (χ1n) is 9.48. The lowest BCUT2D eigenvalue weighted by atomic mass is 10.0. The molecule has 0 unspecified atom stereocenters. The number of fused-ring (bicyclic) bond motifs is 1. The number of rotatable bonds is 5. The van der Waals surface area contributed by atoms with Crippen molar-refractivity contribution < 1.29 is 14.2 Å². The van der Waals surface area contributed by atoms with E-state index in [0.29, 0.717) is 39.5 Å². The predicted octanol–water partition coefficient (Wildman–Crippen LogP) is 3.81. The van der Waals surface area contributed by atoms with Crippen molar-refractivity contribution in [3.63, 3.8) is 0 Å². The van der Waals surface area contributed by atoms with E-state index in [9.17, 15) is 9.90 Å². The molecular weight excluding hydrogens is 450 g/mol. The Hall–Kier alpha value is -3.82. The van der Waals surface area contributed by atoms with Crippen LogP contribution >= 0.6 is 22.9 Å². The normalized spacial score (nSPS) is 11.2. The van der Waals surface area contributed by atoms with Gasteiger partial charge in [-0.25, -0.2) is 9.78 Å². The van der Waals surface area contributed by atoms with Gasteiger partial charge in [-0.3, -0.25) is 0 Å². The van der Waals surface area contributed by atoms with Gasteiger partial charge in [-0.05, 0) is 23.8 Å². The number of pyridine rings is 1. The second kappa shape index (κ2) is 8.03. The molecule has 5 rings (SSSR count). The summed E-state index contributed by atoms with van der Waals surface area (Å²) >= 11 is 7.29. The van der Waals surface area contributed by atoms with Crippen molar-refractivity contribution in [3.05, 3.63) is 87.0 Å². The molecule has 1 N–H and O–H groups in total. The number of nitrogens with zero attached hydrogens (tertiary/aromatic N) is 5. The zero-order valence-corrected chi connectivity index (χ0v) is 18.0. The Kier molecular flexibility index (Phi) is 5.04. The Balaban J connectivity index is 1.72. The van der Waals surface area contributed by atoms with Gasteiger partial charge in [-0.1, -0.05) is 47.6 Å². The molecular formula is C22H15ClN5O3S+. The maximum absolute atomic E-state index is 13.4. The highest BCUT2D eigenvalue weighted by Gasteiger charge is 2.26. The maximum atomic E-state index is 13.4. The fourth-order valence-corrected chi connectivity index (χ4v) is 4.42. The molecule has 0 saturated heterocycles. The third kappa shape index (κ3) is 3.47. The summed E-state index contributed by atoms with van der Waals surface area (Å²) in [5.74, 6) is 0.483. The third-order valence-electron chi connectivity index (χ3n) is 4.89. The van der Waals surface area contributed by atoms with Crippen molar-refractivity contribution >= 4 is 34.7 Å². The Morgan fingerprint density at radius 3 is 2.84 bits per heavy atom. The molecule has 4 heterocycles. The van der Waals surface area contributed by atoms with Gasteiger partial charge in [0.05, 0.1) is 11.1 Å². The fourth-order valence-electron chi connectivity index (χ4n) is 3.46. The van der Waals surface area contributed by atoms with Crippen LogP contribution in [0.4, 0.5) is 0 Å². The van der Waals surface area contributed by atoms with Crippen molar-refractivity contribution in [1.29, 1.82) is 0 Å². The van der Waals surface area contributed by atoms with Crippen molar-refractivity contribution in [2.45, 2.75) is 6.54 Å². The van der Waals surface area contributed by atoms with Gasteiger partial charge in [0.15, 0.2) is 10.0 Å². The van der Waals surface area contributed by atoms with Gasteiger partial charge in [0.1, 0.15) is 6.54 Å². The van der Waals surface area contributed by atoms with E-state index in [2.05, 4.69) is 21.7 Å². The minimum Gasteiger partial charge on any atom is -0.477 e. The maximum Gasteiger partial charge on any atom is 0.354 e. The van der Waals surface area contributed by atoms with Crippen LogP contribution < -0.4 is 10.1 Å². The van der Waals surface area contributed by atoms with Crippen LogP contribution in [0, 0.1) is 0 Å². The van der Waals surface area contributed by atoms with Crippen LogP contribution in [0.15, 0.2) is 70.8 Å². The smallest absolute Gasteiger partial charge is 0.354 e. The highest BCUT2D eigenvalue weighted by Crippen LogP contribution is 2.28. The van der Waals surface area contributed by atoms with E-state index in [1.54, 1.807) is 59.4 Å². The number of aromatic nitrogens is 5. The van der Waals surface area contributed by atoms with Crippen LogP contribution in [-0.4, -0.2) is 24.6 Å². The largest absolute Gasteiger partial charge is 0.477 e. The summed E-state index contributed by atoms with van der Waals surface area (Å²) in [6.07, 6.45) is 4.77. The molecule has 0 atom stereocenters. The molecule has 0 spiro atoms. The molecule has 0 radical (unpaired) electrons. The molecule has 0 fully saturated rings. The Morgan fingerprint density at radius 2 is 2.09 bits per heavy atom. The van der Waals surface area contributed by atoms with E-state index >= 15 is 0 Å². The number of hydrogen-bond acceptors (Lipinski definition) is 7. The van der Waals surface area contributed by atoms with Gasteiger partial charge in [0.2, 0.25) is 11.7 Å². The highest BCUT2D eigenvalue weighted by atomic mass is 35.5. The Labute approximate surface area is 190 Å². The van der Waals surface area contributed by atoms with E-state index in [4.69, 9.17) is 16.1 Å². The van der Waals surface area contributed by atoms with Gasteiger partial charge in [0.25, 0.3) is 11.5 Å². The second-order valence-corrected chi connectivity index (χ2v) is 8.54. The number of benzene rings is 1. The molecule has 0 aliphatic carbocycles. The first kappa shape index (κ1) is 20.1. The Morgan fingerprint density at radius 1 is 1.25 bits per heavy atom. The second-order valence-electron chi connectivity index (χ2n) is 6.84. The molecule has 158 valence electrons. The molecule has 10 heteroatoms. The number of thiazole rings is 1. The lowest BCUT2D eigenvalue weighted by Crippen LogP contribution is -2.41. The van der Waals surface area contributed by atoms with Gasteiger partial charge >= 0.3 is 5.56 Å². The third-order valence-corrected chi connectivity index (χ3v) is 5.99. The van der Waals surface area contributed by atoms with Crippen LogP contribution in [0.1, 0.15) is 10.8 Å². The summed E-state index contributed by atoms with van der Waals surface area (Å²) in [6.45, 7) is 3.91. The summed E-state index contributed by atoms with van der Waals surface area (Å²) in [6, 6.07) is 12.4. The highest BCUT2D eigenvalue weighted by molar-refractivity contribution is 7.15. The average molecular weight is 465 g/mol. The predicted molar refractivity (Wildman–Crippen MR) is 121 cm³/mol. The van der Waals surface area contributed by atoms with Crippen LogP contribution in [0.2, 0.25) is 4.47 Å². The standard InChI is InChI=1S/C22H14ClN5O3S/c1-2-16-25-19(26-31-16)14-7-5-6-13(10-14)18-20(29)27-9-4-3-8-17(27)28(21(18)30)12-15-11-24-22(23)32-15/h2-11H,1,12H2/p+1. The topological polar surface area (TPSA) is 97.4 Å². The summed E-state index contributed by atoms with van der Waals surface area (Å²) < 4.78 is 8.64. The van der Waals surface area contributed by atoms with Crippen molar-refractivity contribution in [2.75, 3.05) is 0 Å². The molecule has 0 saturated carbocycles. The van der Waals surface area contributed by atoms with Gasteiger partial charge < -0.3 is 9.63 Å². The van der Waals surface area contributed by atoms with Crippen LogP contribution in [0.3, 0.4) is 0 Å². The number of aromatic hydroxyl groups is 1. The molecule has 0 bridgehead atoms. The summed E-state index contributed by atoms with van der Waals surface area (Å²) in [5.41, 5.74) is 1.49. The molecule has 0 aliphatic heterocycles. The minimum absolute atomic E-state index is 0.151. The number of hydrogen-bond donors (Lipinski definition) is 1. The molecule has 1 aromatic carbocycles. The molecule has 0 amide bonds. The first-order valence-corrected chi connectivity index (χ1v) is 10.7. The quantitative estimate of drug-likeness (QED) is 0.397. The van der Waals surface area contributed by atoms with E-state index in [1.165, 1.54) is 21.8 Å². The lowest BCUT2D eigenvalue weighted by molar-refractivity contribution is -0.671. The van der Waals surface area contributed by atoms with E-state index in [1.807, 2.05) is 0 Å². The molecule has 0 aliphatic rings. The SMILES string of the molecule is C=Cc1nc(-c2cccc(-c3c(O)[n+](Cc4cnc(Cl)s4)c4ccccn4c3=O)c2)no1. The van der Waals surface area contributed by atoms with Crippen LogP contribution in [0.25, 0.3) is 34.2 Å². The van der Waals surface area contributed by atoms with E-state index in [0.717, 1.165) is 4.88 Å². The minimum atomic E-state index is -0.353. The molecule has 5 aromatic rings. The van der Waals surface area contributed by atoms with Gasteiger partial charge in [0, 0.05) is 17.8 Å². The molecule has 4 aromatic heterocycles. The van der Waals surface area contributed by atoms with Crippen LogP contribution in [-0.2, 0) is 6.54 Å². The van der Waals surface area contributed by atoms with E-state index in [-0.39, 0.29) is 17.0 Å². The van der Waals surface area contributed by atoms with E-state index < -0.39 is 0 Å². The van der Waals surface area contributed by atoms with Crippen molar-refractivity contribution in [2.24, 2.45) is 0 Å². The number of halogens is 1. The summed E-state index contributed by atoms with van der Waals surface area (Å²) in [5, 5.41) is 15.2. The fraction of sp³-hybridized carbons (Fsp3) is 0.0455.